The highest BCUT2D eigenvalue weighted by molar-refractivity contribution is 5.90. The van der Waals surface area contributed by atoms with Crippen molar-refractivity contribution in [2.45, 2.75) is 13.3 Å². The van der Waals surface area contributed by atoms with E-state index in [0.717, 1.165) is 43.4 Å². The summed E-state index contributed by atoms with van der Waals surface area (Å²) in [6, 6.07) is 14.0. The van der Waals surface area contributed by atoms with E-state index in [2.05, 4.69) is 27.3 Å². The fourth-order valence-corrected chi connectivity index (χ4v) is 3.15. The molecule has 2 heterocycles. The van der Waals surface area contributed by atoms with Crippen LogP contribution >= 0.6 is 0 Å². The largest absolute Gasteiger partial charge is 0.360 e. The molecule has 132 valence electrons. The number of amides is 1. The van der Waals surface area contributed by atoms with Crippen LogP contribution in [0.5, 0.6) is 0 Å². The zero-order chi connectivity index (χ0) is 17.7. The van der Waals surface area contributed by atoms with Crippen LogP contribution in [0.3, 0.4) is 0 Å². The average Bonchev–Trinajstić information content (AvgIpc) is 2.69. The van der Waals surface area contributed by atoms with Crippen LogP contribution < -0.4 is 14.9 Å². The second-order valence-corrected chi connectivity index (χ2v) is 6.14. The van der Waals surface area contributed by atoms with Gasteiger partial charge in [-0.15, -0.1) is 4.65 Å². The third kappa shape index (κ3) is 3.81. The molecule has 1 amide bonds. The molecule has 6 nitrogen and oxygen atoms in total. The quantitative estimate of drug-likeness (QED) is 0.850. The molecule has 0 radical (unpaired) electrons. The highest BCUT2D eigenvalue weighted by atomic mass is 16.7. The van der Waals surface area contributed by atoms with Crippen molar-refractivity contribution in [3.63, 3.8) is 0 Å². The Kier molecular flexibility index (Phi) is 5.31. The minimum Gasteiger partial charge on any atom is -0.360 e. The van der Waals surface area contributed by atoms with E-state index >= 15 is 0 Å². The molecule has 2 aromatic rings. The number of nitrogens with zero attached hydrogens (tertiary/aromatic N) is 3. The summed E-state index contributed by atoms with van der Waals surface area (Å²) in [5.41, 5.74) is 1.99. The van der Waals surface area contributed by atoms with Crippen LogP contribution in [-0.2, 0) is 9.63 Å². The number of hydroxylamine groups is 2. The highest BCUT2D eigenvalue weighted by Crippen LogP contribution is 2.26. The Morgan fingerprint density at radius 2 is 1.92 bits per heavy atom. The zero-order valence-corrected chi connectivity index (χ0v) is 14.8. The Hall–Kier alpha value is -2.44. The van der Waals surface area contributed by atoms with E-state index in [9.17, 15) is 4.79 Å². The van der Waals surface area contributed by atoms with Crippen LogP contribution in [0.25, 0.3) is 0 Å². The second kappa shape index (κ2) is 7.63. The first kappa shape index (κ1) is 17.4. The summed E-state index contributed by atoms with van der Waals surface area (Å²) in [6.45, 7) is 5.28. The van der Waals surface area contributed by atoms with Gasteiger partial charge in [-0.05, 0) is 30.3 Å². The van der Waals surface area contributed by atoms with Crippen molar-refractivity contribution >= 4 is 23.1 Å². The Bertz CT molecular complexity index is 695. The molecular weight excluding hydrogens is 316 g/mol. The van der Waals surface area contributed by atoms with Gasteiger partial charge in [0.15, 0.2) is 0 Å². The molecule has 3 rings (SSSR count). The Morgan fingerprint density at radius 3 is 2.48 bits per heavy atom. The van der Waals surface area contributed by atoms with Crippen LogP contribution in [0.1, 0.15) is 13.3 Å². The summed E-state index contributed by atoms with van der Waals surface area (Å²) in [5, 5.41) is 2.88. The predicted octanol–water partition coefficient (Wildman–Crippen LogP) is 2.82. The third-order valence-corrected chi connectivity index (χ3v) is 4.72. The number of pyridine rings is 1. The highest BCUT2D eigenvalue weighted by Gasteiger charge is 2.37. The van der Waals surface area contributed by atoms with E-state index in [4.69, 9.17) is 4.84 Å². The van der Waals surface area contributed by atoms with Gasteiger partial charge in [0.2, 0.25) is 5.91 Å². The second-order valence-electron chi connectivity index (χ2n) is 6.14. The van der Waals surface area contributed by atoms with Crippen LogP contribution in [0, 0.1) is 0 Å². The number of hydrogen-bond acceptors (Lipinski definition) is 4. The maximum Gasteiger partial charge on any atom is 0.260 e. The monoisotopic (exact) mass is 341 g/mol. The summed E-state index contributed by atoms with van der Waals surface area (Å²) in [6.07, 6.45) is 2.29. The van der Waals surface area contributed by atoms with Gasteiger partial charge in [0.1, 0.15) is 13.1 Å². The van der Waals surface area contributed by atoms with Crippen LogP contribution in [-0.4, -0.2) is 44.2 Å². The molecule has 1 saturated heterocycles. The van der Waals surface area contributed by atoms with E-state index in [1.807, 2.05) is 43.5 Å². The lowest BCUT2D eigenvalue weighted by Crippen LogP contribution is -2.60. The van der Waals surface area contributed by atoms with Crippen LogP contribution in [0.2, 0.25) is 0 Å². The number of carbonyl (C=O) groups is 1. The van der Waals surface area contributed by atoms with Crippen molar-refractivity contribution in [1.82, 2.24) is 9.63 Å². The number of nitrogens with one attached hydrogen (secondary N) is 1. The van der Waals surface area contributed by atoms with Crippen molar-refractivity contribution in [2.75, 3.05) is 43.5 Å². The smallest absolute Gasteiger partial charge is 0.260 e. The predicted molar refractivity (Wildman–Crippen MR) is 100 cm³/mol. The molecule has 25 heavy (non-hydrogen) atoms. The summed E-state index contributed by atoms with van der Waals surface area (Å²) in [4.78, 5) is 24.1. The standard InChI is InChI=1S/C19H24N4O2/c1-3-19(24)21-16-7-9-17(10-8-16)22-12-14-23(25-2,15-13-22)18-6-4-5-11-20-18/h4-11H,3,12-15H2,1-2H3/p+1. The minimum absolute atomic E-state index is 0.0308. The number of benzene rings is 1. The van der Waals surface area contributed by atoms with Crippen molar-refractivity contribution in [2.24, 2.45) is 0 Å². The molecule has 0 spiro atoms. The van der Waals surface area contributed by atoms with Gasteiger partial charge in [-0.2, -0.15) is 4.84 Å². The molecule has 0 saturated carbocycles. The van der Waals surface area contributed by atoms with Gasteiger partial charge in [0.05, 0.1) is 20.2 Å². The fraction of sp³-hybridized carbons (Fsp3) is 0.368. The van der Waals surface area contributed by atoms with Crippen molar-refractivity contribution in [3.8, 4) is 0 Å². The minimum atomic E-state index is 0.0308. The summed E-state index contributed by atoms with van der Waals surface area (Å²) in [7, 11) is 1.75. The van der Waals surface area contributed by atoms with E-state index in [1.165, 1.54) is 0 Å². The first-order valence-corrected chi connectivity index (χ1v) is 8.66. The lowest BCUT2D eigenvalue weighted by molar-refractivity contribution is -0.125. The molecule has 0 bridgehead atoms. The number of hydrogen-bond donors (Lipinski definition) is 1. The molecule has 6 heteroatoms. The summed E-state index contributed by atoms with van der Waals surface area (Å²) >= 11 is 0. The number of anilines is 2. The van der Waals surface area contributed by atoms with Gasteiger partial charge < -0.3 is 10.2 Å². The van der Waals surface area contributed by atoms with Gasteiger partial charge in [0.25, 0.3) is 5.82 Å². The van der Waals surface area contributed by atoms with Crippen LogP contribution in [0.4, 0.5) is 17.2 Å². The average molecular weight is 341 g/mol. The normalized spacial score (nSPS) is 16.5. The number of quaternary nitrogens is 1. The Labute approximate surface area is 148 Å². The SMILES string of the molecule is CCC(=O)Nc1ccc(N2CC[N+](OC)(c3ccccn3)CC2)cc1. The molecule has 1 aromatic carbocycles. The van der Waals surface area contributed by atoms with Gasteiger partial charge in [-0.3, -0.25) is 4.79 Å². The number of aromatic nitrogens is 1. The molecule has 1 aliphatic rings. The molecule has 1 N–H and O–H groups in total. The van der Waals surface area contributed by atoms with Gasteiger partial charge in [-0.1, -0.05) is 13.0 Å². The Morgan fingerprint density at radius 1 is 1.20 bits per heavy atom. The maximum absolute atomic E-state index is 11.5. The number of piperazine rings is 1. The lowest BCUT2D eigenvalue weighted by Gasteiger charge is -2.40. The molecule has 1 aromatic heterocycles. The molecular formula is C19H25N4O2+. The summed E-state index contributed by atoms with van der Waals surface area (Å²) in [5.74, 6) is 0.977. The Balaban J connectivity index is 1.66. The molecule has 0 unspecified atom stereocenters. The first-order valence-electron chi connectivity index (χ1n) is 8.66. The van der Waals surface area contributed by atoms with Gasteiger partial charge >= 0.3 is 0 Å². The first-order chi connectivity index (χ1) is 12.2. The maximum atomic E-state index is 11.5. The molecule has 0 atom stereocenters. The topological polar surface area (TPSA) is 54.5 Å². The molecule has 1 fully saturated rings. The number of carbonyl (C=O) groups excluding carboxylic acids is 1. The van der Waals surface area contributed by atoms with Crippen LogP contribution in [0.15, 0.2) is 48.7 Å². The number of rotatable bonds is 5. The summed E-state index contributed by atoms with van der Waals surface area (Å²) < 4.78 is 0.446. The fourth-order valence-electron chi connectivity index (χ4n) is 3.15. The third-order valence-electron chi connectivity index (χ3n) is 4.72. The zero-order valence-electron chi connectivity index (χ0n) is 14.8. The van der Waals surface area contributed by atoms with Crippen molar-refractivity contribution in [3.05, 3.63) is 48.7 Å². The molecule has 0 aliphatic carbocycles. The van der Waals surface area contributed by atoms with E-state index in [-0.39, 0.29) is 5.91 Å². The van der Waals surface area contributed by atoms with Gasteiger partial charge in [-0.25, -0.2) is 4.98 Å². The lowest BCUT2D eigenvalue weighted by atomic mass is 10.2. The van der Waals surface area contributed by atoms with Gasteiger partial charge in [0, 0.05) is 30.1 Å². The van der Waals surface area contributed by atoms with Crippen molar-refractivity contribution < 1.29 is 9.63 Å². The van der Waals surface area contributed by atoms with E-state index in [0.29, 0.717) is 11.1 Å². The van der Waals surface area contributed by atoms with E-state index in [1.54, 1.807) is 7.11 Å². The van der Waals surface area contributed by atoms with Crippen molar-refractivity contribution in [1.29, 1.82) is 0 Å². The molecule has 1 aliphatic heterocycles. The van der Waals surface area contributed by atoms with E-state index < -0.39 is 0 Å².